The van der Waals surface area contributed by atoms with E-state index in [0.717, 1.165) is 18.8 Å². The lowest BCUT2D eigenvalue weighted by molar-refractivity contribution is 0.302. The molecule has 0 atom stereocenters. The average molecular weight is 340 g/mol. The second kappa shape index (κ2) is 9.76. The lowest BCUT2D eigenvalue weighted by Gasteiger charge is -2.12. The lowest BCUT2D eigenvalue weighted by Crippen LogP contribution is -2.13. The van der Waals surface area contributed by atoms with E-state index in [1.54, 1.807) is 0 Å². The van der Waals surface area contributed by atoms with Crippen molar-refractivity contribution >= 4 is 12.4 Å². The minimum absolute atomic E-state index is 0. The van der Waals surface area contributed by atoms with E-state index in [0.29, 0.717) is 6.61 Å². The van der Waals surface area contributed by atoms with E-state index >= 15 is 0 Å². The number of hydrogen-bond donors (Lipinski definition) is 1. The van der Waals surface area contributed by atoms with E-state index in [2.05, 4.69) is 53.8 Å². The summed E-state index contributed by atoms with van der Waals surface area (Å²) in [6.07, 6.45) is 0. The summed E-state index contributed by atoms with van der Waals surface area (Å²) in [6, 6.07) is 28.9. The first-order chi connectivity index (χ1) is 11.4. The molecule has 3 aromatic carbocycles. The zero-order valence-corrected chi connectivity index (χ0v) is 14.3. The van der Waals surface area contributed by atoms with Gasteiger partial charge in [0, 0.05) is 18.7 Å². The molecule has 0 saturated heterocycles. The Morgan fingerprint density at radius 3 is 1.92 bits per heavy atom. The molecule has 0 aromatic heterocycles. The molecule has 0 aliphatic rings. The van der Waals surface area contributed by atoms with Crippen molar-refractivity contribution in [1.82, 2.24) is 5.32 Å². The number of ether oxygens (including phenoxy) is 1. The lowest BCUT2D eigenvalue weighted by atomic mass is 10.2. The molecule has 0 heterocycles. The Balaban J connectivity index is 0.00000208. The predicted molar refractivity (Wildman–Crippen MR) is 101 cm³/mol. The first-order valence-electron chi connectivity index (χ1n) is 7.91. The van der Waals surface area contributed by atoms with Gasteiger partial charge < -0.3 is 10.1 Å². The summed E-state index contributed by atoms with van der Waals surface area (Å²) in [5.41, 5.74) is 3.65. The molecule has 0 saturated carbocycles. The molecule has 0 amide bonds. The summed E-state index contributed by atoms with van der Waals surface area (Å²) >= 11 is 0. The van der Waals surface area contributed by atoms with E-state index in [9.17, 15) is 0 Å². The zero-order valence-electron chi connectivity index (χ0n) is 13.5. The fourth-order valence-corrected chi connectivity index (χ4v) is 2.46. The number of para-hydroxylation sites is 1. The van der Waals surface area contributed by atoms with Crippen LogP contribution in [0, 0.1) is 0 Å². The van der Waals surface area contributed by atoms with Gasteiger partial charge in [0.1, 0.15) is 12.4 Å². The van der Waals surface area contributed by atoms with Crippen LogP contribution in [0.25, 0.3) is 0 Å². The van der Waals surface area contributed by atoms with Gasteiger partial charge in [-0.25, -0.2) is 0 Å². The number of rotatable bonds is 7. The van der Waals surface area contributed by atoms with E-state index in [1.807, 2.05) is 36.4 Å². The largest absolute Gasteiger partial charge is 0.489 e. The van der Waals surface area contributed by atoms with Gasteiger partial charge in [-0.2, -0.15) is 0 Å². The Morgan fingerprint density at radius 1 is 0.625 bits per heavy atom. The standard InChI is InChI=1S/C21H21NO.ClH/c1-3-9-18(10-4-1)15-22-16-20-13-7-8-14-21(20)23-17-19-11-5-2-6-12-19;/h1-14,22H,15-17H2;1H. The number of halogens is 1. The molecule has 0 bridgehead atoms. The van der Waals surface area contributed by atoms with E-state index in [1.165, 1.54) is 16.7 Å². The average Bonchev–Trinajstić information content (AvgIpc) is 2.63. The van der Waals surface area contributed by atoms with Gasteiger partial charge in [-0.3, -0.25) is 0 Å². The minimum Gasteiger partial charge on any atom is -0.489 e. The van der Waals surface area contributed by atoms with Crippen molar-refractivity contribution in [3.05, 3.63) is 102 Å². The van der Waals surface area contributed by atoms with Crippen LogP contribution < -0.4 is 10.1 Å². The van der Waals surface area contributed by atoms with Gasteiger partial charge in [-0.1, -0.05) is 78.9 Å². The van der Waals surface area contributed by atoms with Gasteiger partial charge in [0.25, 0.3) is 0 Å². The molecule has 0 aliphatic carbocycles. The van der Waals surface area contributed by atoms with E-state index < -0.39 is 0 Å². The van der Waals surface area contributed by atoms with Crippen molar-refractivity contribution in [3.63, 3.8) is 0 Å². The zero-order chi connectivity index (χ0) is 15.7. The first kappa shape index (κ1) is 18.1. The van der Waals surface area contributed by atoms with Crippen LogP contribution in [0.3, 0.4) is 0 Å². The SMILES string of the molecule is Cl.c1ccc(CNCc2ccccc2OCc2ccccc2)cc1. The van der Waals surface area contributed by atoms with Crippen molar-refractivity contribution in [2.24, 2.45) is 0 Å². The second-order valence-corrected chi connectivity index (χ2v) is 5.47. The van der Waals surface area contributed by atoms with Crippen molar-refractivity contribution in [3.8, 4) is 5.75 Å². The highest BCUT2D eigenvalue weighted by Crippen LogP contribution is 2.19. The van der Waals surface area contributed by atoms with Crippen LogP contribution in [0.2, 0.25) is 0 Å². The summed E-state index contributed by atoms with van der Waals surface area (Å²) in [7, 11) is 0. The topological polar surface area (TPSA) is 21.3 Å². The van der Waals surface area contributed by atoms with Crippen LogP contribution in [0.15, 0.2) is 84.9 Å². The Hall–Kier alpha value is -2.29. The summed E-state index contributed by atoms with van der Waals surface area (Å²) < 4.78 is 5.99. The van der Waals surface area contributed by atoms with E-state index in [-0.39, 0.29) is 12.4 Å². The molecular formula is C21H22ClNO. The first-order valence-corrected chi connectivity index (χ1v) is 7.91. The molecule has 0 unspecified atom stereocenters. The quantitative estimate of drug-likeness (QED) is 0.655. The Labute approximate surface area is 149 Å². The highest BCUT2D eigenvalue weighted by molar-refractivity contribution is 5.85. The summed E-state index contributed by atoms with van der Waals surface area (Å²) in [4.78, 5) is 0. The fraction of sp³-hybridized carbons (Fsp3) is 0.143. The highest BCUT2D eigenvalue weighted by Gasteiger charge is 2.03. The van der Waals surface area contributed by atoms with Crippen molar-refractivity contribution in [2.75, 3.05) is 0 Å². The Bertz CT molecular complexity index is 716. The van der Waals surface area contributed by atoms with Crippen LogP contribution >= 0.6 is 12.4 Å². The third kappa shape index (κ3) is 5.41. The molecule has 3 aromatic rings. The normalized spacial score (nSPS) is 10.0. The molecule has 124 valence electrons. The Morgan fingerprint density at radius 2 is 1.21 bits per heavy atom. The van der Waals surface area contributed by atoms with E-state index in [4.69, 9.17) is 4.74 Å². The van der Waals surface area contributed by atoms with Crippen LogP contribution in [0.5, 0.6) is 5.75 Å². The van der Waals surface area contributed by atoms with Crippen LogP contribution in [0.1, 0.15) is 16.7 Å². The summed E-state index contributed by atoms with van der Waals surface area (Å²) in [6.45, 7) is 2.24. The highest BCUT2D eigenvalue weighted by atomic mass is 35.5. The van der Waals surface area contributed by atoms with Gasteiger partial charge in [0.05, 0.1) is 0 Å². The third-order valence-electron chi connectivity index (χ3n) is 3.70. The van der Waals surface area contributed by atoms with Crippen LogP contribution in [-0.2, 0) is 19.7 Å². The smallest absolute Gasteiger partial charge is 0.124 e. The summed E-state index contributed by atoms with van der Waals surface area (Å²) in [5, 5.41) is 3.48. The molecule has 0 fully saturated rings. The maximum atomic E-state index is 5.99. The van der Waals surface area contributed by atoms with Gasteiger partial charge in [-0.05, 0) is 17.2 Å². The number of nitrogens with one attached hydrogen (secondary N) is 1. The minimum atomic E-state index is 0. The molecule has 24 heavy (non-hydrogen) atoms. The van der Waals surface area contributed by atoms with Gasteiger partial charge in [-0.15, -0.1) is 12.4 Å². The molecule has 1 N–H and O–H groups in total. The molecule has 3 rings (SSSR count). The van der Waals surface area contributed by atoms with Gasteiger partial charge >= 0.3 is 0 Å². The summed E-state index contributed by atoms with van der Waals surface area (Å²) in [5.74, 6) is 0.942. The monoisotopic (exact) mass is 339 g/mol. The molecule has 0 aliphatic heterocycles. The fourth-order valence-electron chi connectivity index (χ4n) is 2.46. The van der Waals surface area contributed by atoms with Crippen molar-refractivity contribution in [2.45, 2.75) is 19.7 Å². The Kier molecular flexibility index (Phi) is 7.34. The number of benzene rings is 3. The maximum Gasteiger partial charge on any atom is 0.124 e. The van der Waals surface area contributed by atoms with Gasteiger partial charge in [0.15, 0.2) is 0 Å². The second-order valence-electron chi connectivity index (χ2n) is 5.47. The van der Waals surface area contributed by atoms with Crippen LogP contribution in [0.4, 0.5) is 0 Å². The molecular weight excluding hydrogens is 318 g/mol. The molecule has 3 heteroatoms. The van der Waals surface area contributed by atoms with Crippen molar-refractivity contribution in [1.29, 1.82) is 0 Å². The molecule has 2 nitrogen and oxygen atoms in total. The van der Waals surface area contributed by atoms with Crippen molar-refractivity contribution < 1.29 is 4.74 Å². The number of hydrogen-bond acceptors (Lipinski definition) is 2. The third-order valence-corrected chi connectivity index (χ3v) is 3.70. The van der Waals surface area contributed by atoms with Crippen LogP contribution in [-0.4, -0.2) is 0 Å². The maximum absolute atomic E-state index is 5.99. The predicted octanol–water partition coefficient (Wildman–Crippen LogP) is 4.98. The van der Waals surface area contributed by atoms with Gasteiger partial charge in [0.2, 0.25) is 0 Å². The molecule has 0 radical (unpaired) electrons. The molecule has 0 spiro atoms.